The van der Waals surface area contributed by atoms with Gasteiger partial charge in [0.1, 0.15) is 0 Å². The normalized spacial score (nSPS) is 16.4. The van der Waals surface area contributed by atoms with E-state index in [-0.39, 0.29) is 18.3 Å². The van der Waals surface area contributed by atoms with E-state index in [0.29, 0.717) is 0 Å². The predicted octanol–water partition coefficient (Wildman–Crippen LogP) is 5.59. The van der Waals surface area contributed by atoms with Crippen LogP contribution >= 0.6 is 0 Å². The number of nitrogens with zero attached hydrogens (tertiary/aromatic N) is 3. The Morgan fingerprint density at radius 3 is 1.12 bits per heavy atom. The largest absolute Gasteiger partial charge is 0.494 e. The number of benzene rings is 3. The van der Waals surface area contributed by atoms with Crippen LogP contribution in [0.5, 0.6) is 0 Å². The summed E-state index contributed by atoms with van der Waals surface area (Å²) in [6.07, 6.45) is 0. The minimum absolute atomic E-state index is 0.356. The van der Waals surface area contributed by atoms with Crippen molar-refractivity contribution >= 4 is 41.0 Å². The molecular formula is C28H36BN3O2. The Kier molecular flexibility index (Phi) is 6.41. The van der Waals surface area contributed by atoms with Crippen molar-refractivity contribution in [3.8, 4) is 0 Å². The van der Waals surface area contributed by atoms with Gasteiger partial charge in [0.25, 0.3) is 0 Å². The van der Waals surface area contributed by atoms with Crippen LogP contribution in [0.25, 0.3) is 0 Å². The van der Waals surface area contributed by atoms with Crippen LogP contribution in [0.1, 0.15) is 27.7 Å². The molecule has 3 aromatic carbocycles. The highest BCUT2D eigenvalue weighted by Gasteiger charge is 2.51. The van der Waals surface area contributed by atoms with Gasteiger partial charge in [-0.3, -0.25) is 0 Å². The number of hydrogen-bond acceptors (Lipinski definition) is 5. The molecule has 0 aliphatic carbocycles. The SMILES string of the molecule is CN(C)c1ccc(N(c2ccc(B3OC(C)(C)C(C)(C)O3)cc2)c2ccc(N(C)C)cc2)cc1. The lowest BCUT2D eigenvalue weighted by Crippen LogP contribution is -2.41. The first-order chi connectivity index (χ1) is 16.0. The van der Waals surface area contributed by atoms with Crippen LogP contribution in [-0.2, 0) is 9.31 Å². The van der Waals surface area contributed by atoms with Crippen LogP contribution < -0.4 is 20.2 Å². The van der Waals surface area contributed by atoms with Gasteiger partial charge in [0.15, 0.2) is 0 Å². The molecule has 1 heterocycles. The van der Waals surface area contributed by atoms with Gasteiger partial charge in [0.2, 0.25) is 0 Å². The highest BCUT2D eigenvalue weighted by atomic mass is 16.7. The molecule has 0 spiro atoms. The predicted molar refractivity (Wildman–Crippen MR) is 145 cm³/mol. The van der Waals surface area contributed by atoms with Crippen molar-refractivity contribution in [1.82, 2.24) is 0 Å². The molecule has 0 unspecified atom stereocenters. The lowest BCUT2D eigenvalue weighted by molar-refractivity contribution is 0.00578. The lowest BCUT2D eigenvalue weighted by Gasteiger charge is -2.32. The smallest absolute Gasteiger partial charge is 0.399 e. The zero-order valence-electron chi connectivity index (χ0n) is 21.7. The fraction of sp³-hybridized carbons (Fsp3) is 0.357. The number of hydrogen-bond donors (Lipinski definition) is 0. The summed E-state index contributed by atoms with van der Waals surface area (Å²) in [4.78, 5) is 6.49. The summed E-state index contributed by atoms with van der Waals surface area (Å²) in [5, 5.41) is 0. The van der Waals surface area contributed by atoms with Crippen molar-refractivity contribution in [3.05, 3.63) is 72.8 Å². The maximum atomic E-state index is 6.25. The van der Waals surface area contributed by atoms with Gasteiger partial charge in [-0.25, -0.2) is 0 Å². The van der Waals surface area contributed by atoms with Crippen molar-refractivity contribution in [2.45, 2.75) is 38.9 Å². The second kappa shape index (κ2) is 9.01. The summed E-state index contributed by atoms with van der Waals surface area (Å²) in [7, 11) is 7.86. The second-order valence-electron chi connectivity index (χ2n) is 10.3. The molecule has 0 atom stereocenters. The fourth-order valence-electron chi connectivity index (χ4n) is 4.01. The molecule has 0 bridgehead atoms. The van der Waals surface area contributed by atoms with E-state index in [9.17, 15) is 0 Å². The molecule has 4 rings (SSSR count). The van der Waals surface area contributed by atoms with Gasteiger partial charge in [0, 0.05) is 56.6 Å². The van der Waals surface area contributed by atoms with Crippen LogP contribution in [0.4, 0.5) is 28.4 Å². The molecule has 6 heteroatoms. The monoisotopic (exact) mass is 457 g/mol. The van der Waals surface area contributed by atoms with Crippen molar-refractivity contribution in [1.29, 1.82) is 0 Å². The standard InChI is InChI=1S/C28H36BN3O2/c1-27(2)28(3,4)34-29(33-27)21-9-11-24(12-10-21)32(25-17-13-22(14-18-25)30(5)6)26-19-15-23(16-20-26)31(7)8/h9-20H,1-8H3. The average Bonchev–Trinajstić information content (AvgIpc) is 3.02. The Balaban J connectivity index is 1.69. The summed E-state index contributed by atoms with van der Waals surface area (Å²) in [6.45, 7) is 8.32. The van der Waals surface area contributed by atoms with Gasteiger partial charge in [-0.15, -0.1) is 0 Å². The van der Waals surface area contributed by atoms with Crippen molar-refractivity contribution < 1.29 is 9.31 Å². The summed E-state index contributed by atoms with van der Waals surface area (Å²) in [5.74, 6) is 0. The third kappa shape index (κ3) is 4.66. The molecule has 0 radical (unpaired) electrons. The van der Waals surface area contributed by atoms with E-state index in [1.807, 2.05) is 0 Å². The van der Waals surface area contributed by atoms with Crippen LogP contribution in [0, 0.1) is 0 Å². The van der Waals surface area contributed by atoms with Crippen LogP contribution in [0.2, 0.25) is 0 Å². The third-order valence-electron chi connectivity index (χ3n) is 6.93. The summed E-state index contributed by atoms with van der Waals surface area (Å²) in [5.41, 5.74) is 5.93. The Bertz CT molecular complexity index is 1040. The first-order valence-electron chi connectivity index (χ1n) is 11.8. The first kappa shape index (κ1) is 24.2. The molecule has 34 heavy (non-hydrogen) atoms. The second-order valence-corrected chi connectivity index (χ2v) is 10.3. The van der Waals surface area contributed by atoms with E-state index >= 15 is 0 Å². The molecule has 1 aliphatic heterocycles. The highest BCUT2D eigenvalue weighted by molar-refractivity contribution is 6.62. The minimum atomic E-state index is -0.369. The van der Waals surface area contributed by atoms with E-state index in [1.54, 1.807) is 0 Å². The maximum Gasteiger partial charge on any atom is 0.494 e. The van der Waals surface area contributed by atoms with Gasteiger partial charge in [-0.05, 0) is 93.8 Å². The fourth-order valence-corrected chi connectivity index (χ4v) is 4.01. The van der Waals surface area contributed by atoms with Gasteiger partial charge in [-0.1, -0.05) is 12.1 Å². The van der Waals surface area contributed by atoms with Gasteiger partial charge in [-0.2, -0.15) is 0 Å². The first-order valence-corrected chi connectivity index (χ1v) is 11.8. The Hall–Kier alpha value is -2.96. The van der Waals surface area contributed by atoms with E-state index < -0.39 is 0 Å². The molecule has 1 aliphatic rings. The highest BCUT2D eigenvalue weighted by Crippen LogP contribution is 2.38. The molecule has 3 aromatic rings. The Morgan fingerprint density at radius 1 is 0.500 bits per heavy atom. The molecule has 0 N–H and O–H groups in total. The topological polar surface area (TPSA) is 28.2 Å². The van der Waals surface area contributed by atoms with E-state index in [1.165, 1.54) is 11.4 Å². The zero-order valence-corrected chi connectivity index (χ0v) is 21.7. The molecule has 1 fully saturated rings. The van der Waals surface area contributed by atoms with Gasteiger partial charge < -0.3 is 24.0 Å². The van der Waals surface area contributed by atoms with E-state index in [0.717, 1.165) is 22.5 Å². The summed E-state index contributed by atoms with van der Waals surface area (Å²) in [6, 6.07) is 25.7. The lowest BCUT2D eigenvalue weighted by atomic mass is 9.79. The quantitative estimate of drug-likeness (QED) is 0.450. The summed E-state index contributed by atoms with van der Waals surface area (Å²) < 4.78 is 12.5. The minimum Gasteiger partial charge on any atom is -0.399 e. The molecule has 5 nitrogen and oxygen atoms in total. The van der Waals surface area contributed by atoms with Gasteiger partial charge in [0.05, 0.1) is 11.2 Å². The molecule has 0 saturated carbocycles. The Labute approximate surface area is 205 Å². The van der Waals surface area contributed by atoms with Crippen molar-refractivity contribution in [3.63, 3.8) is 0 Å². The van der Waals surface area contributed by atoms with E-state index in [2.05, 4.69) is 143 Å². The van der Waals surface area contributed by atoms with Crippen molar-refractivity contribution in [2.75, 3.05) is 42.9 Å². The third-order valence-corrected chi connectivity index (χ3v) is 6.93. The van der Waals surface area contributed by atoms with E-state index in [4.69, 9.17) is 9.31 Å². The van der Waals surface area contributed by atoms with Crippen molar-refractivity contribution in [2.24, 2.45) is 0 Å². The van der Waals surface area contributed by atoms with Crippen LogP contribution in [0.15, 0.2) is 72.8 Å². The molecular weight excluding hydrogens is 421 g/mol. The molecule has 1 saturated heterocycles. The van der Waals surface area contributed by atoms with Gasteiger partial charge >= 0.3 is 7.12 Å². The Morgan fingerprint density at radius 2 is 0.794 bits per heavy atom. The maximum absolute atomic E-state index is 6.25. The number of anilines is 5. The van der Waals surface area contributed by atoms with Crippen LogP contribution in [-0.4, -0.2) is 46.5 Å². The molecule has 0 aromatic heterocycles. The molecule has 0 amide bonds. The molecule has 178 valence electrons. The zero-order chi connectivity index (χ0) is 24.7. The summed E-state index contributed by atoms with van der Waals surface area (Å²) >= 11 is 0. The average molecular weight is 457 g/mol. The number of rotatable bonds is 6. The van der Waals surface area contributed by atoms with Crippen LogP contribution in [0.3, 0.4) is 0 Å².